The van der Waals surface area contributed by atoms with Crippen LogP contribution in [0.25, 0.3) is 0 Å². The fourth-order valence-corrected chi connectivity index (χ4v) is 2.43. The molecule has 1 N–H and O–H groups in total. The van der Waals surface area contributed by atoms with Gasteiger partial charge in [0.15, 0.2) is 0 Å². The maximum absolute atomic E-state index is 12.3. The molecule has 0 saturated carbocycles. The highest BCUT2D eigenvalue weighted by Crippen LogP contribution is 2.23. The molecule has 2 aromatic rings. The predicted octanol–water partition coefficient (Wildman–Crippen LogP) is 3.78. The number of aromatic amines is 1. The van der Waals surface area contributed by atoms with Crippen molar-refractivity contribution in [3.8, 4) is 5.75 Å². The monoisotopic (exact) mass is 307 g/mol. The van der Waals surface area contributed by atoms with Gasteiger partial charge in [0.2, 0.25) is 5.78 Å². The molecule has 3 nitrogen and oxygen atoms in total. The topological polar surface area (TPSA) is 42.1 Å². The van der Waals surface area contributed by atoms with Crippen LogP contribution in [0.2, 0.25) is 5.02 Å². The Bertz CT molecular complexity index is 664. The van der Waals surface area contributed by atoms with Crippen LogP contribution < -0.4 is 4.74 Å². The van der Waals surface area contributed by atoms with Gasteiger partial charge in [0, 0.05) is 23.9 Å². The number of hydrogen-bond acceptors (Lipinski definition) is 3. The molecule has 0 radical (unpaired) electrons. The van der Waals surface area contributed by atoms with Crippen molar-refractivity contribution in [3.05, 3.63) is 52.3 Å². The van der Waals surface area contributed by atoms with Crippen molar-refractivity contribution in [2.75, 3.05) is 7.11 Å². The zero-order valence-corrected chi connectivity index (χ0v) is 12.8. The van der Waals surface area contributed by atoms with Gasteiger partial charge in [-0.1, -0.05) is 23.8 Å². The second-order valence-electron chi connectivity index (χ2n) is 4.47. The Morgan fingerprint density at radius 3 is 2.70 bits per heavy atom. The van der Waals surface area contributed by atoms with Crippen LogP contribution in [0.5, 0.6) is 5.75 Å². The molecule has 0 spiro atoms. The highest BCUT2D eigenvalue weighted by molar-refractivity contribution is 7.82. The van der Waals surface area contributed by atoms with Gasteiger partial charge in [-0.3, -0.25) is 4.79 Å². The van der Waals surface area contributed by atoms with Crippen LogP contribution in [0.15, 0.2) is 30.5 Å². The van der Waals surface area contributed by atoms with Crippen molar-refractivity contribution in [2.45, 2.75) is 13.3 Å². The summed E-state index contributed by atoms with van der Waals surface area (Å²) in [5, 5.41) is 0.349. The first-order chi connectivity index (χ1) is 9.51. The standard InChI is InChI=1S/C15H14ClNO2S/c1-9-5-10(8-17-9)6-14(20)15(18)12-4-3-11(19-2)7-13(12)16/h3-5,7-8,17H,6H2,1-2H3. The SMILES string of the molecule is COc1ccc(C(=O)C(=S)Cc2c[nH]c(C)c2)c(Cl)c1. The summed E-state index contributed by atoms with van der Waals surface area (Å²) in [5.74, 6) is 0.394. The van der Waals surface area contributed by atoms with Crippen molar-refractivity contribution < 1.29 is 9.53 Å². The zero-order valence-electron chi connectivity index (χ0n) is 11.2. The molecule has 0 atom stereocenters. The van der Waals surface area contributed by atoms with Crippen LogP contribution in [0, 0.1) is 6.92 Å². The minimum absolute atomic E-state index is 0.216. The molecule has 1 aromatic heterocycles. The largest absolute Gasteiger partial charge is 0.497 e. The molecule has 104 valence electrons. The average molecular weight is 308 g/mol. The molecule has 1 heterocycles. The Labute approximate surface area is 127 Å². The third-order valence-electron chi connectivity index (χ3n) is 2.93. The molecule has 0 unspecified atom stereocenters. The Morgan fingerprint density at radius 2 is 2.15 bits per heavy atom. The van der Waals surface area contributed by atoms with Crippen LogP contribution in [-0.4, -0.2) is 22.7 Å². The summed E-state index contributed by atoms with van der Waals surface area (Å²) in [6, 6.07) is 6.91. The van der Waals surface area contributed by atoms with E-state index in [1.165, 1.54) is 0 Å². The van der Waals surface area contributed by atoms with Gasteiger partial charge in [0.25, 0.3) is 0 Å². The molecule has 2 rings (SSSR count). The smallest absolute Gasteiger partial charge is 0.201 e. The molecule has 0 aliphatic rings. The van der Waals surface area contributed by atoms with Gasteiger partial charge in [-0.25, -0.2) is 0 Å². The predicted molar refractivity (Wildman–Crippen MR) is 84.2 cm³/mol. The molecule has 0 bridgehead atoms. The molecule has 5 heteroatoms. The van der Waals surface area contributed by atoms with Gasteiger partial charge >= 0.3 is 0 Å². The van der Waals surface area contributed by atoms with E-state index in [-0.39, 0.29) is 5.78 Å². The first kappa shape index (κ1) is 14.8. The van der Waals surface area contributed by atoms with E-state index in [4.69, 9.17) is 28.6 Å². The number of rotatable bonds is 5. The molecule has 0 aliphatic carbocycles. The molecule has 0 amide bonds. The number of aromatic nitrogens is 1. The molecular formula is C15H14ClNO2S. The summed E-state index contributed by atoms with van der Waals surface area (Å²) in [4.78, 5) is 15.7. The molecule has 0 aliphatic heterocycles. The summed E-state index contributed by atoms with van der Waals surface area (Å²) in [5.41, 5.74) is 2.44. The van der Waals surface area contributed by atoms with Gasteiger partial charge in [0.05, 0.1) is 17.0 Å². The second-order valence-corrected chi connectivity index (χ2v) is 5.37. The van der Waals surface area contributed by atoms with Crippen molar-refractivity contribution >= 4 is 34.5 Å². The van der Waals surface area contributed by atoms with Crippen LogP contribution in [-0.2, 0) is 6.42 Å². The number of methoxy groups -OCH3 is 1. The number of hydrogen-bond donors (Lipinski definition) is 1. The third kappa shape index (κ3) is 3.26. The number of benzene rings is 1. The van der Waals surface area contributed by atoms with Crippen molar-refractivity contribution in [1.29, 1.82) is 0 Å². The normalized spacial score (nSPS) is 10.3. The molecule has 1 aromatic carbocycles. The lowest BCUT2D eigenvalue weighted by Gasteiger charge is -2.06. The number of aryl methyl sites for hydroxylation is 1. The summed E-state index contributed by atoms with van der Waals surface area (Å²) in [7, 11) is 1.55. The Morgan fingerprint density at radius 1 is 1.40 bits per heavy atom. The van der Waals surface area contributed by atoms with Crippen molar-refractivity contribution in [2.24, 2.45) is 0 Å². The van der Waals surface area contributed by atoms with E-state index in [1.807, 2.05) is 19.2 Å². The van der Waals surface area contributed by atoms with E-state index in [2.05, 4.69) is 4.98 Å². The fraction of sp³-hybridized carbons (Fsp3) is 0.200. The lowest BCUT2D eigenvalue weighted by atomic mass is 10.0. The fourth-order valence-electron chi connectivity index (χ4n) is 1.89. The van der Waals surface area contributed by atoms with Gasteiger partial charge in [-0.05, 0) is 36.8 Å². The van der Waals surface area contributed by atoms with Gasteiger partial charge in [0.1, 0.15) is 5.75 Å². The number of H-pyrrole nitrogens is 1. The van der Waals surface area contributed by atoms with Gasteiger partial charge in [-0.2, -0.15) is 0 Å². The van der Waals surface area contributed by atoms with E-state index >= 15 is 0 Å². The van der Waals surface area contributed by atoms with Crippen LogP contribution in [0.4, 0.5) is 0 Å². The van der Waals surface area contributed by atoms with E-state index in [1.54, 1.807) is 25.3 Å². The minimum atomic E-state index is -0.216. The Kier molecular flexibility index (Phi) is 4.57. The summed E-state index contributed by atoms with van der Waals surface area (Å²) in [6.07, 6.45) is 2.28. The number of halogens is 1. The Balaban J connectivity index is 2.16. The van der Waals surface area contributed by atoms with Crippen LogP contribution >= 0.6 is 23.8 Å². The maximum atomic E-state index is 12.3. The summed E-state index contributed by atoms with van der Waals surface area (Å²) < 4.78 is 5.06. The zero-order chi connectivity index (χ0) is 14.7. The first-order valence-electron chi connectivity index (χ1n) is 6.06. The molecule has 20 heavy (non-hydrogen) atoms. The van der Waals surface area contributed by atoms with Gasteiger partial charge in [-0.15, -0.1) is 0 Å². The first-order valence-corrected chi connectivity index (χ1v) is 6.85. The van der Waals surface area contributed by atoms with E-state index < -0.39 is 0 Å². The second kappa shape index (κ2) is 6.20. The number of thiocarbonyl (C=S) groups is 1. The number of Topliss-reactive ketones (excluding diaryl/α,β-unsaturated/α-hetero) is 1. The lowest BCUT2D eigenvalue weighted by Crippen LogP contribution is -2.14. The van der Waals surface area contributed by atoms with Crippen molar-refractivity contribution in [3.63, 3.8) is 0 Å². The highest BCUT2D eigenvalue weighted by Gasteiger charge is 2.16. The van der Waals surface area contributed by atoms with Gasteiger partial charge < -0.3 is 9.72 Å². The summed E-state index contributed by atoms with van der Waals surface area (Å²) in [6.45, 7) is 1.95. The Hall–Kier alpha value is -1.65. The molecular weight excluding hydrogens is 294 g/mol. The van der Waals surface area contributed by atoms with E-state index in [0.717, 1.165) is 11.3 Å². The number of carbonyl (C=O) groups excluding carboxylic acids is 1. The van der Waals surface area contributed by atoms with Crippen molar-refractivity contribution in [1.82, 2.24) is 4.98 Å². The van der Waals surface area contributed by atoms with Crippen LogP contribution in [0.1, 0.15) is 21.6 Å². The third-order valence-corrected chi connectivity index (χ3v) is 3.57. The quantitative estimate of drug-likeness (QED) is 0.675. The number of ketones is 1. The highest BCUT2D eigenvalue weighted by atomic mass is 35.5. The summed E-state index contributed by atoms with van der Waals surface area (Å²) >= 11 is 11.3. The maximum Gasteiger partial charge on any atom is 0.201 e. The van der Waals surface area contributed by atoms with Crippen LogP contribution in [0.3, 0.4) is 0 Å². The molecule has 0 fully saturated rings. The molecule has 0 saturated heterocycles. The number of nitrogens with one attached hydrogen (secondary N) is 1. The van der Waals surface area contributed by atoms with E-state index in [9.17, 15) is 4.79 Å². The van der Waals surface area contributed by atoms with E-state index in [0.29, 0.717) is 27.6 Å². The number of ether oxygens (including phenoxy) is 1. The lowest BCUT2D eigenvalue weighted by molar-refractivity contribution is 0.106. The minimum Gasteiger partial charge on any atom is -0.497 e. The average Bonchev–Trinajstić information content (AvgIpc) is 2.83. The number of carbonyl (C=O) groups is 1.